The molecule has 0 saturated carbocycles. The minimum absolute atomic E-state index is 0.122. The molecule has 0 aliphatic rings. The van der Waals surface area contributed by atoms with Crippen molar-refractivity contribution in [2.45, 2.75) is 13.8 Å². The molecule has 0 heterocycles. The fourth-order valence-corrected chi connectivity index (χ4v) is 2.12. The van der Waals surface area contributed by atoms with Gasteiger partial charge in [0.25, 0.3) is 5.91 Å². The van der Waals surface area contributed by atoms with Gasteiger partial charge in [0.05, 0.1) is 5.71 Å². The Balaban J connectivity index is 1.92. The van der Waals surface area contributed by atoms with Crippen molar-refractivity contribution in [1.29, 1.82) is 0 Å². The molecule has 0 saturated heterocycles. The van der Waals surface area contributed by atoms with Crippen LogP contribution in [0.2, 0.25) is 0 Å². The highest BCUT2D eigenvalue weighted by molar-refractivity contribution is 9.10. The number of carbonyl (C=O) groups is 1. The van der Waals surface area contributed by atoms with Gasteiger partial charge < -0.3 is 9.84 Å². The molecule has 1 amide bonds. The number of halogens is 1. The standard InChI is InChI=1S/C17H17BrN2O3/c1-11-3-8-16(21)15(9-11)12(2)19-20-17(22)10-23-14-6-4-13(18)5-7-14/h3-9,21H,10H2,1-2H3,(H,20,22)/b19-12+. The van der Waals surface area contributed by atoms with Gasteiger partial charge in [0, 0.05) is 10.0 Å². The summed E-state index contributed by atoms with van der Waals surface area (Å²) in [6.07, 6.45) is 0. The molecular formula is C17H17BrN2O3. The second-order valence-corrected chi connectivity index (χ2v) is 5.91. The number of hydrazone groups is 1. The Labute approximate surface area is 143 Å². The number of amides is 1. The minimum Gasteiger partial charge on any atom is -0.507 e. The zero-order valence-electron chi connectivity index (χ0n) is 12.8. The van der Waals surface area contributed by atoms with Crippen molar-refractivity contribution in [2.24, 2.45) is 5.10 Å². The first-order valence-corrected chi connectivity index (χ1v) is 7.76. The third-order valence-corrected chi connectivity index (χ3v) is 3.60. The van der Waals surface area contributed by atoms with Crippen molar-refractivity contribution in [3.8, 4) is 11.5 Å². The van der Waals surface area contributed by atoms with Gasteiger partial charge in [-0.1, -0.05) is 27.6 Å². The molecule has 2 N–H and O–H groups in total. The molecule has 0 atom stereocenters. The number of carbonyl (C=O) groups excluding carboxylic acids is 1. The van der Waals surface area contributed by atoms with Crippen LogP contribution in [0.15, 0.2) is 52.0 Å². The molecule has 0 aliphatic heterocycles. The molecule has 0 bridgehead atoms. The Morgan fingerprint density at radius 2 is 1.96 bits per heavy atom. The Kier molecular flexibility index (Phi) is 5.76. The highest BCUT2D eigenvalue weighted by Gasteiger charge is 2.06. The topological polar surface area (TPSA) is 70.9 Å². The van der Waals surface area contributed by atoms with Gasteiger partial charge in [0.1, 0.15) is 11.5 Å². The van der Waals surface area contributed by atoms with Crippen molar-refractivity contribution in [2.75, 3.05) is 6.61 Å². The highest BCUT2D eigenvalue weighted by Crippen LogP contribution is 2.19. The normalized spacial score (nSPS) is 11.2. The molecule has 0 radical (unpaired) electrons. The lowest BCUT2D eigenvalue weighted by Crippen LogP contribution is -2.25. The van der Waals surface area contributed by atoms with Crippen LogP contribution in [0, 0.1) is 6.92 Å². The predicted molar refractivity (Wildman–Crippen MR) is 92.8 cm³/mol. The largest absolute Gasteiger partial charge is 0.507 e. The fourth-order valence-electron chi connectivity index (χ4n) is 1.86. The molecular weight excluding hydrogens is 360 g/mol. The average Bonchev–Trinajstić information content (AvgIpc) is 2.54. The molecule has 2 rings (SSSR count). The summed E-state index contributed by atoms with van der Waals surface area (Å²) in [5.41, 5.74) is 4.51. The van der Waals surface area contributed by atoms with Crippen molar-refractivity contribution in [3.63, 3.8) is 0 Å². The van der Waals surface area contributed by atoms with Crippen LogP contribution in [0.4, 0.5) is 0 Å². The lowest BCUT2D eigenvalue weighted by Gasteiger charge is -2.07. The zero-order valence-corrected chi connectivity index (χ0v) is 14.4. The van der Waals surface area contributed by atoms with Gasteiger partial charge in [0.15, 0.2) is 6.61 Å². The Morgan fingerprint density at radius 3 is 2.65 bits per heavy atom. The first-order chi connectivity index (χ1) is 11.0. The average molecular weight is 377 g/mol. The van der Waals surface area contributed by atoms with E-state index in [0.717, 1.165) is 10.0 Å². The van der Waals surface area contributed by atoms with E-state index in [0.29, 0.717) is 17.0 Å². The summed E-state index contributed by atoms with van der Waals surface area (Å²) in [5, 5.41) is 13.8. The third-order valence-electron chi connectivity index (χ3n) is 3.07. The van der Waals surface area contributed by atoms with E-state index in [1.165, 1.54) is 0 Å². The summed E-state index contributed by atoms with van der Waals surface area (Å²) >= 11 is 3.33. The van der Waals surface area contributed by atoms with Crippen molar-refractivity contribution in [3.05, 3.63) is 58.1 Å². The van der Waals surface area contributed by atoms with Crippen molar-refractivity contribution >= 4 is 27.5 Å². The van der Waals surface area contributed by atoms with E-state index in [1.54, 1.807) is 37.3 Å². The molecule has 2 aromatic rings. The first kappa shape index (κ1) is 17.0. The van der Waals surface area contributed by atoms with Gasteiger partial charge in [-0.15, -0.1) is 0 Å². The van der Waals surface area contributed by atoms with E-state index < -0.39 is 0 Å². The quantitative estimate of drug-likeness (QED) is 0.620. The summed E-state index contributed by atoms with van der Waals surface area (Å²) in [4.78, 5) is 11.8. The van der Waals surface area contributed by atoms with Crippen molar-refractivity contribution < 1.29 is 14.6 Å². The number of phenols is 1. The summed E-state index contributed by atoms with van der Waals surface area (Å²) in [6.45, 7) is 3.49. The Bertz CT molecular complexity index is 727. The number of nitrogens with zero attached hydrogens (tertiary/aromatic N) is 1. The maximum absolute atomic E-state index is 11.8. The van der Waals surface area contributed by atoms with Crippen LogP contribution in [0.1, 0.15) is 18.1 Å². The maximum atomic E-state index is 11.8. The van der Waals surface area contributed by atoms with E-state index >= 15 is 0 Å². The third kappa shape index (κ3) is 5.10. The van der Waals surface area contributed by atoms with Crippen LogP contribution in [0.25, 0.3) is 0 Å². The monoisotopic (exact) mass is 376 g/mol. The van der Waals surface area contributed by atoms with E-state index in [4.69, 9.17) is 4.74 Å². The van der Waals surface area contributed by atoms with Gasteiger partial charge >= 0.3 is 0 Å². The predicted octanol–water partition coefficient (Wildman–Crippen LogP) is 3.38. The Morgan fingerprint density at radius 1 is 1.26 bits per heavy atom. The molecule has 0 fully saturated rings. The number of ether oxygens (including phenoxy) is 1. The summed E-state index contributed by atoms with van der Waals surface area (Å²) in [5.74, 6) is 0.344. The molecule has 5 nitrogen and oxygen atoms in total. The Hall–Kier alpha value is -2.34. The molecule has 120 valence electrons. The highest BCUT2D eigenvalue weighted by atomic mass is 79.9. The lowest BCUT2D eigenvalue weighted by atomic mass is 10.1. The molecule has 0 aliphatic carbocycles. The SMILES string of the molecule is C/C(=N\NC(=O)COc1ccc(Br)cc1)c1cc(C)ccc1O. The second-order valence-electron chi connectivity index (χ2n) is 5.00. The van der Waals surface area contributed by atoms with Crippen molar-refractivity contribution in [1.82, 2.24) is 5.43 Å². The van der Waals surface area contributed by atoms with E-state index in [9.17, 15) is 9.90 Å². The molecule has 0 unspecified atom stereocenters. The smallest absolute Gasteiger partial charge is 0.277 e. The van der Waals surface area contributed by atoms with Gasteiger partial charge in [-0.05, 0) is 50.2 Å². The van der Waals surface area contributed by atoms with Crippen LogP contribution >= 0.6 is 15.9 Å². The number of aryl methyl sites for hydroxylation is 1. The number of aromatic hydroxyl groups is 1. The van der Waals surface area contributed by atoms with Gasteiger partial charge in [-0.2, -0.15) is 5.10 Å². The van der Waals surface area contributed by atoms with E-state index in [1.807, 2.05) is 19.1 Å². The number of phenolic OH excluding ortho intramolecular Hbond substituents is 1. The van der Waals surface area contributed by atoms with Crippen LogP contribution < -0.4 is 10.2 Å². The summed E-state index contributed by atoms with van der Waals surface area (Å²) < 4.78 is 6.29. The second kappa shape index (κ2) is 7.78. The fraction of sp³-hybridized carbons (Fsp3) is 0.176. The molecule has 2 aromatic carbocycles. The summed E-state index contributed by atoms with van der Waals surface area (Å²) in [7, 11) is 0. The number of nitrogens with one attached hydrogen (secondary N) is 1. The van der Waals surface area contributed by atoms with Crippen LogP contribution in [-0.2, 0) is 4.79 Å². The first-order valence-electron chi connectivity index (χ1n) is 6.97. The maximum Gasteiger partial charge on any atom is 0.277 e. The zero-order chi connectivity index (χ0) is 16.8. The number of rotatable bonds is 5. The van der Waals surface area contributed by atoms with Crippen LogP contribution in [0.3, 0.4) is 0 Å². The lowest BCUT2D eigenvalue weighted by molar-refractivity contribution is -0.123. The van der Waals surface area contributed by atoms with Crippen LogP contribution in [-0.4, -0.2) is 23.3 Å². The molecule has 23 heavy (non-hydrogen) atoms. The van der Waals surface area contributed by atoms with E-state index in [-0.39, 0.29) is 18.3 Å². The number of hydrogen-bond donors (Lipinski definition) is 2. The summed E-state index contributed by atoms with van der Waals surface area (Å²) in [6, 6.07) is 12.4. The number of hydrogen-bond acceptors (Lipinski definition) is 4. The van der Waals surface area contributed by atoms with Gasteiger partial charge in [-0.25, -0.2) is 5.43 Å². The van der Waals surface area contributed by atoms with Crippen LogP contribution in [0.5, 0.6) is 11.5 Å². The van der Waals surface area contributed by atoms with Gasteiger partial charge in [-0.3, -0.25) is 4.79 Å². The number of benzene rings is 2. The van der Waals surface area contributed by atoms with E-state index in [2.05, 4.69) is 26.5 Å². The minimum atomic E-state index is -0.376. The molecule has 0 spiro atoms. The molecule has 0 aromatic heterocycles. The van der Waals surface area contributed by atoms with Gasteiger partial charge in [0.2, 0.25) is 0 Å². The molecule has 6 heteroatoms.